The Labute approximate surface area is 155 Å². The Morgan fingerprint density at radius 1 is 1.52 bits per heavy atom. The second-order valence-electron chi connectivity index (χ2n) is 6.69. The van der Waals surface area contributed by atoms with Crippen LogP contribution in [0.1, 0.15) is 12.8 Å². The minimum atomic E-state index is -0.400. The zero-order valence-corrected chi connectivity index (χ0v) is 16.0. The molecule has 8 heteroatoms. The molecule has 136 valence electrons. The van der Waals surface area contributed by atoms with Crippen molar-refractivity contribution in [1.82, 2.24) is 14.8 Å². The van der Waals surface area contributed by atoms with E-state index in [0.717, 1.165) is 39.0 Å². The summed E-state index contributed by atoms with van der Waals surface area (Å²) in [5.41, 5.74) is 0.527. The van der Waals surface area contributed by atoms with E-state index in [0.29, 0.717) is 15.3 Å². The Bertz CT molecular complexity index is 766. The van der Waals surface area contributed by atoms with Gasteiger partial charge < -0.3 is 15.1 Å². The molecule has 1 N–H and O–H groups in total. The number of likely N-dealkylation sites (N-methyl/N-ethyl adjacent to an activating group) is 1. The maximum absolute atomic E-state index is 13.4. The number of hydrogen-bond acceptors (Lipinski definition) is 5. The topological polar surface area (TPSA) is 48.5 Å². The molecule has 1 saturated heterocycles. The minimum absolute atomic E-state index is 0.0230. The number of aromatic nitrogens is 1. The molecule has 1 aliphatic rings. The molecule has 25 heavy (non-hydrogen) atoms. The van der Waals surface area contributed by atoms with Crippen molar-refractivity contribution in [2.24, 2.45) is 5.92 Å². The number of amides is 1. The molecule has 0 bridgehead atoms. The lowest BCUT2D eigenvalue weighted by atomic mass is 9.97. The van der Waals surface area contributed by atoms with Crippen LogP contribution < -0.4 is 5.32 Å². The first-order chi connectivity index (χ1) is 11.9. The average Bonchev–Trinajstić information content (AvgIpc) is 2.96. The van der Waals surface area contributed by atoms with Gasteiger partial charge in [0.2, 0.25) is 5.91 Å². The Morgan fingerprint density at radius 2 is 2.32 bits per heavy atom. The number of anilines is 1. The van der Waals surface area contributed by atoms with E-state index in [9.17, 15) is 9.18 Å². The molecule has 1 aliphatic heterocycles. The van der Waals surface area contributed by atoms with Gasteiger partial charge >= 0.3 is 0 Å². The highest BCUT2D eigenvalue weighted by molar-refractivity contribution is 7.22. The summed E-state index contributed by atoms with van der Waals surface area (Å²) in [5.74, 6) is -0.469. The summed E-state index contributed by atoms with van der Waals surface area (Å²) in [4.78, 5) is 21.4. The summed E-state index contributed by atoms with van der Waals surface area (Å²) in [5, 5.41) is 3.62. The Hall–Kier alpha value is -1.28. The van der Waals surface area contributed by atoms with Gasteiger partial charge in [0.1, 0.15) is 11.3 Å². The van der Waals surface area contributed by atoms with E-state index >= 15 is 0 Å². The highest BCUT2D eigenvalue weighted by atomic mass is 35.5. The van der Waals surface area contributed by atoms with Crippen molar-refractivity contribution in [3.8, 4) is 0 Å². The number of hydrogen-bond donors (Lipinski definition) is 1. The number of likely N-dealkylation sites (tertiary alicyclic amines) is 1. The molecule has 5 nitrogen and oxygen atoms in total. The van der Waals surface area contributed by atoms with Crippen molar-refractivity contribution in [1.29, 1.82) is 0 Å². The quantitative estimate of drug-likeness (QED) is 0.859. The van der Waals surface area contributed by atoms with E-state index in [1.165, 1.54) is 23.5 Å². The van der Waals surface area contributed by atoms with E-state index in [1.807, 2.05) is 0 Å². The van der Waals surface area contributed by atoms with Gasteiger partial charge in [-0.2, -0.15) is 0 Å². The standard InChI is InChI=1S/C17H22ClFN4OS/c1-22(2)6-7-23-5-3-4-11(10-23)16(24)21-17-20-15-13(18)8-12(19)9-14(15)25-17/h8-9,11H,3-7,10H2,1-2H3,(H,20,21,24). The number of piperidine rings is 1. The van der Waals surface area contributed by atoms with Gasteiger partial charge in [-0.05, 0) is 45.6 Å². The number of halogens is 2. The fourth-order valence-electron chi connectivity index (χ4n) is 3.03. The van der Waals surface area contributed by atoms with Crippen LogP contribution in [0, 0.1) is 11.7 Å². The predicted molar refractivity (Wildman–Crippen MR) is 101 cm³/mol. The zero-order chi connectivity index (χ0) is 18.0. The number of thiazole rings is 1. The number of nitrogens with zero attached hydrogens (tertiary/aromatic N) is 3. The molecule has 2 heterocycles. The number of carbonyl (C=O) groups is 1. The fourth-order valence-corrected chi connectivity index (χ4v) is 4.26. The van der Waals surface area contributed by atoms with Crippen molar-refractivity contribution in [2.75, 3.05) is 45.6 Å². The Morgan fingerprint density at radius 3 is 3.08 bits per heavy atom. The summed E-state index contributed by atoms with van der Waals surface area (Å²) >= 11 is 7.27. The van der Waals surface area contributed by atoms with Crippen molar-refractivity contribution in [3.05, 3.63) is 23.0 Å². The van der Waals surface area contributed by atoms with Crippen LogP contribution in [0.3, 0.4) is 0 Å². The van der Waals surface area contributed by atoms with Crippen LogP contribution in [0.15, 0.2) is 12.1 Å². The van der Waals surface area contributed by atoms with Crippen molar-refractivity contribution in [3.63, 3.8) is 0 Å². The SMILES string of the molecule is CN(C)CCN1CCCC(C(=O)Nc2nc3c(Cl)cc(F)cc3s2)C1. The number of carbonyl (C=O) groups excluding carboxylic acids is 1. The lowest BCUT2D eigenvalue weighted by molar-refractivity contribution is -0.121. The molecule has 1 aromatic heterocycles. The van der Waals surface area contributed by atoms with Crippen LogP contribution >= 0.6 is 22.9 Å². The van der Waals surface area contributed by atoms with E-state index in [2.05, 4.69) is 34.2 Å². The summed E-state index contributed by atoms with van der Waals surface area (Å²) in [7, 11) is 4.10. The molecule has 0 aliphatic carbocycles. The van der Waals surface area contributed by atoms with E-state index in [-0.39, 0.29) is 16.8 Å². The van der Waals surface area contributed by atoms with Gasteiger partial charge in [-0.15, -0.1) is 0 Å². The first-order valence-corrected chi connectivity index (χ1v) is 9.55. The summed E-state index contributed by atoms with van der Waals surface area (Å²) in [6, 6.07) is 2.62. The summed E-state index contributed by atoms with van der Waals surface area (Å²) in [6.45, 7) is 3.75. The first kappa shape index (κ1) is 18.5. The van der Waals surface area contributed by atoms with Gasteiger partial charge in [-0.1, -0.05) is 22.9 Å². The van der Waals surface area contributed by atoms with Crippen LogP contribution in [0.5, 0.6) is 0 Å². The molecular weight excluding hydrogens is 363 g/mol. The smallest absolute Gasteiger partial charge is 0.230 e. The van der Waals surface area contributed by atoms with Crippen LogP contribution in [0.4, 0.5) is 9.52 Å². The third-order valence-corrected chi connectivity index (χ3v) is 5.59. The van der Waals surface area contributed by atoms with Crippen molar-refractivity contribution in [2.45, 2.75) is 12.8 Å². The molecule has 0 radical (unpaired) electrons. The maximum Gasteiger partial charge on any atom is 0.230 e. The van der Waals surface area contributed by atoms with Gasteiger partial charge in [0.25, 0.3) is 0 Å². The number of nitrogens with one attached hydrogen (secondary N) is 1. The van der Waals surface area contributed by atoms with Crippen LogP contribution in [0.25, 0.3) is 10.2 Å². The van der Waals surface area contributed by atoms with Gasteiger partial charge in [0.05, 0.1) is 15.6 Å². The molecule has 1 amide bonds. The second kappa shape index (κ2) is 7.95. The molecule has 2 aromatic rings. The van der Waals surface area contributed by atoms with E-state index in [4.69, 9.17) is 11.6 Å². The molecule has 1 aromatic carbocycles. The monoisotopic (exact) mass is 384 g/mol. The van der Waals surface area contributed by atoms with Gasteiger partial charge in [0, 0.05) is 19.6 Å². The Kier molecular flexibility index (Phi) is 5.89. The molecule has 1 fully saturated rings. The highest BCUT2D eigenvalue weighted by Gasteiger charge is 2.26. The molecule has 3 rings (SSSR count). The summed E-state index contributed by atoms with van der Waals surface area (Å²) in [6.07, 6.45) is 1.90. The van der Waals surface area contributed by atoms with Gasteiger partial charge in [-0.3, -0.25) is 4.79 Å². The lowest BCUT2D eigenvalue weighted by Crippen LogP contribution is -2.43. The molecule has 1 atom stereocenters. The summed E-state index contributed by atoms with van der Waals surface area (Å²) < 4.78 is 14.1. The minimum Gasteiger partial charge on any atom is -0.308 e. The van der Waals surface area contributed by atoms with Gasteiger partial charge in [0.15, 0.2) is 5.13 Å². The maximum atomic E-state index is 13.4. The number of rotatable bonds is 5. The second-order valence-corrected chi connectivity index (χ2v) is 8.12. The van der Waals surface area contributed by atoms with Crippen molar-refractivity contribution >= 4 is 44.2 Å². The number of fused-ring (bicyclic) bond motifs is 1. The largest absolute Gasteiger partial charge is 0.308 e. The fraction of sp³-hybridized carbons (Fsp3) is 0.529. The zero-order valence-electron chi connectivity index (χ0n) is 14.4. The van der Waals surface area contributed by atoms with Crippen LogP contribution in [-0.2, 0) is 4.79 Å². The highest BCUT2D eigenvalue weighted by Crippen LogP contribution is 2.32. The first-order valence-electron chi connectivity index (χ1n) is 8.36. The molecule has 0 spiro atoms. The molecule has 0 saturated carbocycles. The van der Waals surface area contributed by atoms with E-state index < -0.39 is 5.82 Å². The van der Waals surface area contributed by atoms with Crippen LogP contribution in [-0.4, -0.2) is 61.0 Å². The normalized spacial score (nSPS) is 18.8. The third kappa shape index (κ3) is 4.67. The lowest BCUT2D eigenvalue weighted by Gasteiger charge is -2.32. The third-order valence-electron chi connectivity index (χ3n) is 4.38. The van der Waals surface area contributed by atoms with E-state index in [1.54, 1.807) is 0 Å². The van der Waals surface area contributed by atoms with Crippen LogP contribution in [0.2, 0.25) is 5.02 Å². The molecular formula is C17H22ClFN4OS. The average molecular weight is 385 g/mol. The van der Waals surface area contributed by atoms with Crippen molar-refractivity contribution < 1.29 is 9.18 Å². The number of benzene rings is 1. The molecule has 1 unspecified atom stereocenters. The Balaban J connectivity index is 1.64. The van der Waals surface area contributed by atoms with Gasteiger partial charge in [-0.25, -0.2) is 9.37 Å². The predicted octanol–water partition coefficient (Wildman–Crippen LogP) is 3.30.